The van der Waals surface area contributed by atoms with Gasteiger partial charge in [0, 0.05) is 0 Å². The molecule has 0 fully saturated rings. The number of nitrogens with one attached hydrogen (secondary N) is 1. The monoisotopic (exact) mass is 179 g/mol. The molecule has 0 radical (unpaired) electrons. The van der Waals surface area contributed by atoms with E-state index in [-0.39, 0.29) is 0 Å². The van der Waals surface area contributed by atoms with Gasteiger partial charge in [-0.15, -0.1) is 0 Å². The Kier molecular flexibility index (Phi) is 3.46. The third-order valence-corrected chi connectivity index (χ3v) is 2.34. The fraction of sp³-hybridized carbons (Fsp3) is 0.455. The highest BCUT2D eigenvalue weighted by molar-refractivity contribution is 5.34. The lowest BCUT2D eigenvalue weighted by molar-refractivity contribution is 0.141. The lowest BCUT2D eigenvalue weighted by Gasteiger charge is -2.15. The normalized spacial score (nSPS) is 12.9. The Balaban J connectivity index is 2.93. The summed E-state index contributed by atoms with van der Waals surface area (Å²) < 4.78 is 0. The van der Waals surface area contributed by atoms with Crippen molar-refractivity contribution in [2.24, 2.45) is 0 Å². The van der Waals surface area contributed by atoms with E-state index in [1.165, 1.54) is 5.56 Å². The molecule has 1 rings (SSSR count). The number of hydrogen-bond donors (Lipinski definition) is 2. The van der Waals surface area contributed by atoms with E-state index in [0.29, 0.717) is 0 Å². The van der Waals surface area contributed by atoms with E-state index in [2.05, 4.69) is 18.3 Å². The molecule has 72 valence electrons. The van der Waals surface area contributed by atoms with Crippen LogP contribution >= 0.6 is 0 Å². The minimum Gasteiger partial charge on any atom is -0.374 e. The minimum absolute atomic E-state index is 0.537. The molecule has 0 aliphatic rings. The fourth-order valence-corrected chi connectivity index (χ4v) is 1.37. The number of rotatable bonds is 3. The second kappa shape index (κ2) is 4.40. The molecule has 0 heterocycles. The van der Waals surface area contributed by atoms with Crippen LogP contribution in [0.4, 0.5) is 0 Å². The molecule has 0 aliphatic carbocycles. The number of aliphatic hydroxyl groups is 1. The summed E-state index contributed by atoms with van der Waals surface area (Å²) in [5.74, 6) is 0. The van der Waals surface area contributed by atoms with Crippen molar-refractivity contribution in [1.29, 1.82) is 0 Å². The zero-order valence-electron chi connectivity index (χ0n) is 8.46. The average molecular weight is 179 g/mol. The van der Waals surface area contributed by atoms with Crippen LogP contribution in [-0.4, -0.2) is 11.7 Å². The van der Waals surface area contributed by atoms with Crippen LogP contribution in [-0.2, 0) is 0 Å². The Morgan fingerprint density at radius 2 is 2.08 bits per heavy atom. The molecule has 1 atom stereocenters. The van der Waals surface area contributed by atoms with Gasteiger partial charge in [-0.2, -0.15) is 0 Å². The molecule has 2 nitrogen and oxygen atoms in total. The Morgan fingerprint density at radius 1 is 1.38 bits per heavy atom. The van der Waals surface area contributed by atoms with E-state index in [1.807, 2.05) is 26.0 Å². The second-order valence-electron chi connectivity index (χ2n) is 3.25. The maximum atomic E-state index is 9.71. The van der Waals surface area contributed by atoms with Gasteiger partial charge in [0.05, 0.1) is 0 Å². The maximum absolute atomic E-state index is 9.71. The summed E-state index contributed by atoms with van der Waals surface area (Å²) in [6.07, 6.45) is -0.537. The van der Waals surface area contributed by atoms with Crippen LogP contribution in [0.25, 0.3) is 0 Å². The van der Waals surface area contributed by atoms with Gasteiger partial charge in [-0.3, -0.25) is 5.32 Å². The van der Waals surface area contributed by atoms with Crippen molar-refractivity contribution >= 4 is 0 Å². The van der Waals surface area contributed by atoms with Crippen molar-refractivity contribution in [3.05, 3.63) is 34.9 Å². The molecule has 1 aromatic rings. The van der Waals surface area contributed by atoms with Crippen molar-refractivity contribution in [3.8, 4) is 0 Å². The Labute approximate surface area is 79.6 Å². The molecule has 0 aromatic heterocycles. The number of benzene rings is 1. The summed E-state index contributed by atoms with van der Waals surface area (Å²) in [4.78, 5) is 0. The average Bonchev–Trinajstić information content (AvgIpc) is 2.10. The fourth-order valence-electron chi connectivity index (χ4n) is 1.37. The molecule has 0 saturated heterocycles. The lowest BCUT2D eigenvalue weighted by atomic mass is 10.0. The largest absolute Gasteiger partial charge is 0.374 e. The first kappa shape index (κ1) is 10.2. The molecule has 2 heteroatoms. The number of aliphatic hydroxyl groups excluding tert-OH is 1. The first-order chi connectivity index (χ1) is 6.16. The molecular formula is C11H17NO. The van der Waals surface area contributed by atoms with Crippen LogP contribution in [0.2, 0.25) is 0 Å². The van der Waals surface area contributed by atoms with Gasteiger partial charge in [-0.05, 0) is 37.1 Å². The molecule has 0 spiro atoms. The van der Waals surface area contributed by atoms with Crippen LogP contribution in [0.1, 0.15) is 29.8 Å². The molecule has 0 aliphatic heterocycles. The first-order valence-electron chi connectivity index (χ1n) is 4.64. The summed E-state index contributed by atoms with van der Waals surface area (Å²) in [6.45, 7) is 6.84. The molecule has 1 aromatic carbocycles. The highest BCUT2D eigenvalue weighted by Gasteiger charge is 2.08. The molecular weight excluding hydrogens is 162 g/mol. The van der Waals surface area contributed by atoms with Crippen molar-refractivity contribution in [3.63, 3.8) is 0 Å². The SMILES string of the molecule is CCNC(O)c1cccc(C)c1C. The van der Waals surface area contributed by atoms with Crippen molar-refractivity contribution in [2.45, 2.75) is 27.0 Å². The minimum atomic E-state index is -0.537. The third kappa shape index (κ3) is 2.29. The van der Waals surface area contributed by atoms with Crippen LogP contribution in [0.15, 0.2) is 18.2 Å². The van der Waals surface area contributed by atoms with Gasteiger partial charge in [-0.25, -0.2) is 0 Å². The number of aryl methyl sites for hydroxylation is 1. The highest BCUT2D eigenvalue weighted by Crippen LogP contribution is 2.18. The first-order valence-corrected chi connectivity index (χ1v) is 4.64. The summed E-state index contributed by atoms with van der Waals surface area (Å²) in [5.41, 5.74) is 3.35. The molecule has 0 saturated carbocycles. The van der Waals surface area contributed by atoms with E-state index in [0.717, 1.165) is 17.7 Å². The van der Waals surface area contributed by atoms with Crippen LogP contribution in [0.3, 0.4) is 0 Å². The van der Waals surface area contributed by atoms with Gasteiger partial charge < -0.3 is 5.11 Å². The van der Waals surface area contributed by atoms with Crippen molar-refractivity contribution in [1.82, 2.24) is 5.32 Å². The topological polar surface area (TPSA) is 32.3 Å². The molecule has 1 unspecified atom stereocenters. The smallest absolute Gasteiger partial charge is 0.131 e. The van der Waals surface area contributed by atoms with Crippen LogP contribution in [0, 0.1) is 13.8 Å². The highest BCUT2D eigenvalue weighted by atomic mass is 16.3. The Hall–Kier alpha value is -0.860. The zero-order chi connectivity index (χ0) is 9.84. The molecule has 13 heavy (non-hydrogen) atoms. The lowest BCUT2D eigenvalue weighted by Crippen LogP contribution is -2.21. The van der Waals surface area contributed by atoms with Crippen molar-refractivity contribution < 1.29 is 5.11 Å². The summed E-state index contributed by atoms with van der Waals surface area (Å²) in [7, 11) is 0. The molecule has 0 bridgehead atoms. The van der Waals surface area contributed by atoms with Crippen molar-refractivity contribution in [2.75, 3.05) is 6.54 Å². The molecule has 2 N–H and O–H groups in total. The van der Waals surface area contributed by atoms with Crippen LogP contribution < -0.4 is 5.32 Å². The summed E-state index contributed by atoms with van der Waals surface area (Å²) in [5, 5.41) is 12.7. The quantitative estimate of drug-likeness (QED) is 0.695. The van der Waals surface area contributed by atoms with Crippen LogP contribution in [0.5, 0.6) is 0 Å². The summed E-state index contributed by atoms with van der Waals surface area (Å²) >= 11 is 0. The van der Waals surface area contributed by atoms with Gasteiger partial charge in [0.15, 0.2) is 0 Å². The van der Waals surface area contributed by atoms with Gasteiger partial charge in [0.1, 0.15) is 6.23 Å². The van der Waals surface area contributed by atoms with E-state index >= 15 is 0 Å². The maximum Gasteiger partial charge on any atom is 0.131 e. The van der Waals surface area contributed by atoms with E-state index < -0.39 is 6.23 Å². The Morgan fingerprint density at radius 3 is 2.69 bits per heavy atom. The van der Waals surface area contributed by atoms with Gasteiger partial charge in [-0.1, -0.05) is 25.1 Å². The van der Waals surface area contributed by atoms with Gasteiger partial charge in [0.25, 0.3) is 0 Å². The Bertz CT molecular complexity index is 283. The summed E-state index contributed by atoms with van der Waals surface area (Å²) in [6, 6.07) is 5.98. The number of hydrogen-bond acceptors (Lipinski definition) is 2. The standard InChI is InChI=1S/C11H17NO/c1-4-12-11(13)10-7-5-6-8(2)9(10)3/h5-7,11-13H,4H2,1-3H3. The van der Waals surface area contributed by atoms with E-state index in [1.54, 1.807) is 0 Å². The third-order valence-electron chi connectivity index (χ3n) is 2.34. The van der Waals surface area contributed by atoms with Gasteiger partial charge >= 0.3 is 0 Å². The predicted octanol–water partition coefficient (Wildman–Crippen LogP) is 1.90. The zero-order valence-corrected chi connectivity index (χ0v) is 8.46. The predicted molar refractivity (Wildman–Crippen MR) is 54.6 cm³/mol. The second-order valence-corrected chi connectivity index (χ2v) is 3.25. The van der Waals surface area contributed by atoms with E-state index in [4.69, 9.17) is 0 Å². The van der Waals surface area contributed by atoms with Gasteiger partial charge in [0.2, 0.25) is 0 Å². The molecule has 0 amide bonds. The van der Waals surface area contributed by atoms with E-state index in [9.17, 15) is 5.11 Å².